The lowest BCUT2D eigenvalue weighted by molar-refractivity contribution is -0.161. The van der Waals surface area contributed by atoms with Gasteiger partial charge in [-0.05, 0) is 50.0 Å². The van der Waals surface area contributed by atoms with Gasteiger partial charge in [0.05, 0.1) is 0 Å². The van der Waals surface area contributed by atoms with E-state index in [1.54, 1.807) is 0 Å². The molecule has 0 radical (unpaired) electrons. The van der Waals surface area contributed by atoms with Crippen LogP contribution in [0.5, 0.6) is 0 Å². The van der Waals surface area contributed by atoms with E-state index in [1.807, 2.05) is 133 Å². The van der Waals surface area contributed by atoms with E-state index in [0.717, 1.165) is 22.3 Å². The van der Waals surface area contributed by atoms with E-state index in [1.165, 1.54) is 13.8 Å². The van der Waals surface area contributed by atoms with Crippen molar-refractivity contribution in [2.24, 2.45) is 5.41 Å². The van der Waals surface area contributed by atoms with Gasteiger partial charge in [-0.2, -0.15) is 0 Å². The summed E-state index contributed by atoms with van der Waals surface area (Å²) >= 11 is 0. The van der Waals surface area contributed by atoms with Crippen molar-refractivity contribution in [3.05, 3.63) is 156 Å². The normalized spacial score (nSPS) is 12.1. The Morgan fingerprint density at radius 2 is 0.846 bits per heavy atom. The minimum Gasteiger partial charge on any atom is -0.425 e. The van der Waals surface area contributed by atoms with Crippen LogP contribution < -0.4 is 0 Å². The molecule has 0 aliphatic rings. The van der Waals surface area contributed by atoms with Gasteiger partial charge in [-0.3, -0.25) is 9.59 Å². The number of rotatable bonds is 10. The molecule has 0 fully saturated rings. The Bertz CT molecular complexity index is 1310. The number of hydrogen-bond donors (Lipinski definition) is 0. The molecule has 0 aromatic heterocycles. The van der Waals surface area contributed by atoms with Crippen LogP contribution in [0.1, 0.15) is 36.1 Å². The van der Waals surface area contributed by atoms with E-state index in [9.17, 15) is 9.59 Å². The van der Waals surface area contributed by atoms with Gasteiger partial charge >= 0.3 is 11.9 Å². The average molecular weight is 517 g/mol. The molecule has 4 aromatic rings. The first-order chi connectivity index (χ1) is 18.9. The standard InChI is InChI=1S/C35H32O4/c1-35(2,33(36)38-31(29-19-11-5-12-20-29)25-23-27-15-7-3-8-16-27)34(37)39-32(30-21-13-6-14-22-30)26-24-28-17-9-4-10-18-28/h3-22,25-26H,23-24H2,1-2H3/b31-25-,32-26-. The summed E-state index contributed by atoms with van der Waals surface area (Å²) in [6, 6.07) is 38.6. The molecule has 0 heterocycles. The number of esters is 2. The molecule has 0 N–H and O–H groups in total. The zero-order chi connectivity index (χ0) is 27.5. The third-order valence-corrected chi connectivity index (χ3v) is 6.27. The lowest BCUT2D eigenvalue weighted by Crippen LogP contribution is -2.36. The van der Waals surface area contributed by atoms with Gasteiger partial charge in [0.2, 0.25) is 0 Å². The molecule has 0 atom stereocenters. The average Bonchev–Trinajstić information content (AvgIpc) is 2.99. The van der Waals surface area contributed by atoms with Gasteiger partial charge in [0.15, 0.2) is 5.41 Å². The quantitative estimate of drug-likeness (QED) is 0.123. The molecule has 39 heavy (non-hydrogen) atoms. The Hall–Kier alpha value is -4.70. The maximum absolute atomic E-state index is 13.4. The third-order valence-electron chi connectivity index (χ3n) is 6.27. The van der Waals surface area contributed by atoms with Crippen LogP contribution in [0.2, 0.25) is 0 Å². The van der Waals surface area contributed by atoms with Crippen LogP contribution in [0.3, 0.4) is 0 Å². The molecule has 4 aromatic carbocycles. The van der Waals surface area contributed by atoms with Crippen molar-refractivity contribution in [3.8, 4) is 0 Å². The van der Waals surface area contributed by atoms with Gasteiger partial charge in [-0.1, -0.05) is 121 Å². The van der Waals surface area contributed by atoms with Gasteiger partial charge < -0.3 is 9.47 Å². The van der Waals surface area contributed by atoms with E-state index in [4.69, 9.17) is 9.47 Å². The van der Waals surface area contributed by atoms with Crippen molar-refractivity contribution < 1.29 is 19.1 Å². The molecule has 0 saturated heterocycles. The first kappa shape index (κ1) is 27.3. The maximum Gasteiger partial charge on any atom is 0.328 e. The van der Waals surface area contributed by atoms with E-state index in [2.05, 4.69) is 0 Å². The summed E-state index contributed by atoms with van der Waals surface area (Å²) in [4.78, 5) is 26.8. The van der Waals surface area contributed by atoms with Crippen molar-refractivity contribution >= 4 is 23.5 Å². The highest BCUT2D eigenvalue weighted by Crippen LogP contribution is 2.28. The molecule has 0 saturated carbocycles. The van der Waals surface area contributed by atoms with Crippen molar-refractivity contribution in [1.82, 2.24) is 0 Å². The molecule has 0 amide bonds. The van der Waals surface area contributed by atoms with Crippen LogP contribution in [0.25, 0.3) is 11.5 Å². The number of carbonyl (C=O) groups is 2. The fourth-order valence-electron chi connectivity index (χ4n) is 3.83. The molecule has 0 spiro atoms. The van der Waals surface area contributed by atoms with Gasteiger partial charge in [0.25, 0.3) is 0 Å². The highest BCUT2D eigenvalue weighted by molar-refractivity contribution is 6.02. The van der Waals surface area contributed by atoms with Gasteiger partial charge in [0, 0.05) is 11.1 Å². The smallest absolute Gasteiger partial charge is 0.328 e. The van der Waals surface area contributed by atoms with Crippen LogP contribution in [0, 0.1) is 5.41 Å². The highest BCUT2D eigenvalue weighted by atomic mass is 16.6. The molecule has 0 aliphatic heterocycles. The first-order valence-corrected chi connectivity index (χ1v) is 13.0. The summed E-state index contributed by atoms with van der Waals surface area (Å²) in [5.41, 5.74) is 2.10. The predicted molar refractivity (Wildman–Crippen MR) is 155 cm³/mol. The Morgan fingerprint density at radius 1 is 0.538 bits per heavy atom. The number of ether oxygens (including phenoxy) is 2. The van der Waals surface area contributed by atoms with Gasteiger partial charge in [-0.25, -0.2) is 0 Å². The predicted octanol–water partition coefficient (Wildman–Crippen LogP) is 7.67. The second-order valence-electron chi connectivity index (χ2n) is 9.65. The topological polar surface area (TPSA) is 52.6 Å². The molecular weight excluding hydrogens is 484 g/mol. The van der Waals surface area contributed by atoms with Crippen molar-refractivity contribution in [1.29, 1.82) is 0 Å². The summed E-state index contributed by atoms with van der Waals surface area (Å²) in [6.07, 6.45) is 4.87. The minimum absolute atomic E-state index is 0.397. The Kier molecular flexibility index (Phi) is 9.25. The lowest BCUT2D eigenvalue weighted by atomic mass is 9.93. The maximum atomic E-state index is 13.4. The van der Waals surface area contributed by atoms with Gasteiger partial charge in [0.1, 0.15) is 11.5 Å². The molecule has 4 nitrogen and oxygen atoms in total. The van der Waals surface area contributed by atoms with Crippen LogP contribution in [0.15, 0.2) is 133 Å². The number of allylic oxidation sites excluding steroid dienone is 2. The summed E-state index contributed by atoms with van der Waals surface area (Å²) in [5, 5.41) is 0. The van der Waals surface area contributed by atoms with E-state index < -0.39 is 17.4 Å². The van der Waals surface area contributed by atoms with E-state index >= 15 is 0 Å². The summed E-state index contributed by atoms with van der Waals surface area (Å²) in [7, 11) is 0. The summed E-state index contributed by atoms with van der Waals surface area (Å²) in [5.74, 6) is -0.585. The molecule has 4 rings (SSSR count). The molecule has 0 aliphatic carbocycles. The Balaban J connectivity index is 1.54. The second kappa shape index (κ2) is 13.2. The van der Waals surface area contributed by atoms with Crippen molar-refractivity contribution in [2.75, 3.05) is 0 Å². The second-order valence-corrected chi connectivity index (χ2v) is 9.65. The number of carbonyl (C=O) groups excluding carboxylic acids is 2. The summed E-state index contributed by atoms with van der Waals surface area (Å²) < 4.78 is 11.7. The zero-order valence-corrected chi connectivity index (χ0v) is 22.2. The third kappa shape index (κ3) is 7.65. The number of hydrogen-bond acceptors (Lipinski definition) is 4. The Labute approximate surface area is 230 Å². The molecule has 0 unspecified atom stereocenters. The van der Waals surface area contributed by atoms with Crippen LogP contribution >= 0.6 is 0 Å². The largest absolute Gasteiger partial charge is 0.425 e. The minimum atomic E-state index is -1.55. The molecule has 0 bridgehead atoms. The fourth-order valence-corrected chi connectivity index (χ4v) is 3.83. The first-order valence-electron chi connectivity index (χ1n) is 13.0. The number of benzene rings is 4. The van der Waals surface area contributed by atoms with Crippen LogP contribution in [0.4, 0.5) is 0 Å². The Morgan fingerprint density at radius 3 is 1.18 bits per heavy atom. The summed E-state index contributed by atoms with van der Waals surface area (Å²) in [6.45, 7) is 3.05. The molecule has 196 valence electrons. The molecular formula is C35H32O4. The highest BCUT2D eigenvalue weighted by Gasteiger charge is 2.41. The van der Waals surface area contributed by atoms with Crippen molar-refractivity contribution in [2.45, 2.75) is 26.7 Å². The monoisotopic (exact) mass is 516 g/mol. The van der Waals surface area contributed by atoms with Crippen LogP contribution in [-0.2, 0) is 31.9 Å². The van der Waals surface area contributed by atoms with E-state index in [-0.39, 0.29) is 0 Å². The van der Waals surface area contributed by atoms with Crippen molar-refractivity contribution in [3.63, 3.8) is 0 Å². The SMILES string of the molecule is CC(C)(C(=O)O/C(=C\Cc1ccccc1)c1ccccc1)C(=O)O/C(=C\Cc1ccccc1)c1ccccc1. The fraction of sp³-hybridized carbons (Fsp3) is 0.143. The molecule has 4 heteroatoms. The van der Waals surface area contributed by atoms with Gasteiger partial charge in [-0.15, -0.1) is 0 Å². The van der Waals surface area contributed by atoms with Crippen LogP contribution in [-0.4, -0.2) is 11.9 Å². The lowest BCUT2D eigenvalue weighted by Gasteiger charge is -2.22. The zero-order valence-electron chi connectivity index (χ0n) is 22.2. The van der Waals surface area contributed by atoms with E-state index in [0.29, 0.717) is 24.4 Å².